The summed E-state index contributed by atoms with van der Waals surface area (Å²) >= 11 is 0. The number of aliphatic hydroxyl groups excluding tert-OH is 1. The van der Waals surface area contributed by atoms with Crippen LogP contribution in [0.5, 0.6) is 5.75 Å². The fourth-order valence-corrected chi connectivity index (χ4v) is 7.60. The number of piperidine rings is 1. The van der Waals surface area contributed by atoms with E-state index in [0.29, 0.717) is 42.5 Å². The van der Waals surface area contributed by atoms with Gasteiger partial charge < -0.3 is 24.9 Å². The van der Waals surface area contributed by atoms with Crippen molar-refractivity contribution in [3.8, 4) is 5.75 Å². The van der Waals surface area contributed by atoms with Gasteiger partial charge in [0, 0.05) is 48.8 Å². The molecule has 4 N–H and O–H groups in total. The molecule has 0 bridgehead atoms. The number of H-pyrrole nitrogens is 1. The van der Waals surface area contributed by atoms with E-state index in [9.17, 15) is 26.7 Å². The van der Waals surface area contributed by atoms with Gasteiger partial charge in [0.05, 0.1) is 17.1 Å². The Morgan fingerprint density at radius 1 is 1.15 bits per heavy atom. The molecule has 222 valence electrons. The number of fused-ring (bicyclic) bond motifs is 1. The predicted octanol–water partition coefficient (Wildman–Crippen LogP) is 0.778. The maximum atomic E-state index is 13.3. The van der Waals surface area contributed by atoms with Gasteiger partial charge >= 0.3 is 0 Å². The van der Waals surface area contributed by atoms with Crippen LogP contribution in [0, 0.1) is 0 Å². The van der Waals surface area contributed by atoms with Crippen LogP contribution < -0.4 is 20.2 Å². The minimum absolute atomic E-state index is 0.0276. The SMILES string of the molecule is CNS(=O)(=O)c1cccc(OCC(O)CNC2COC3(CCN(S(=O)(=O)c4c[nH]c5ccccc5c4=O)CC3)C2)c1. The molecular weight excluding hydrogens is 572 g/mol. The molecule has 5 rings (SSSR count). The third kappa shape index (κ3) is 6.33. The molecule has 2 aromatic carbocycles. The summed E-state index contributed by atoms with van der Waals surface area (Å²) in [6.45, 7) is 1.11. The fraction of sp³-hybridized carbons (Fsp3) is 0.444. The van der Waals surface area contributed by atoms with E-state index in [1.165, 1.54) is 29.7 Å². The lowest BCUT2D eigenvalue weighted by atomic mass is 9.88. The zero-order chi connectivity index (χ0) is 29.3. The van der Waals surface area contributed by atoms with Crippen molar-refractivity contribution in [2.45, 2.75) is 46.8 Å². The second-order valence-electron chi connectivity index (χ2n) is 10.4. The van der Waals surface area contributed by atoms with Crippen molar-refractivity contribution in [3.05, 3.63) is 65.0 Å². The highest BCUT2D eigenvalue weighted by molar-refractivity contribution is 7.89. The minimum atomic E-state index is -3.97. The molecule has 2 atom stereocenters. The second kappa shape index (κ2) is 11.8. The fourth-order valence-electron chi connectivity index (χ4n) is 5.34. The Labute approximate surface area is 238 Å². The van der Waals surface area contributed by atoms with E-state index in [-0.39, 0.29) is 42.1 Å². The van der Waals surface area contributed by atoms with E-state index >= 15 is 0 Å². The number of nitrogens with zero attached hydrogens (tertiary/aromatic N) is 1. The number of hydrogen-bond acceptors (Lipinski definition) is 9. The van der Waals surface area contributed by atoms with Crippen LogP contribution in [0.4, 0.5) is 0 Å². The zero-order valence-electron chi connectivity index (χ0n) is 22.6. The molecule has 1 aromatic heterocycles. The summed E-state index contributed by atoms with van der Waals surface area (Å²) in [7, 11) is -6.25. The summed E-state index contributed by atoms with van der Waals surface area (Å²) in [5, 5.41) is 14.0. The van der Waals surface area contributed by atoms with Gasteiger partial charge in [-0.15, -0.1) is 0 Å². The lowest BCUT2D eigenvalue weighted by Gasteiger charge is -2.37. The number of nitrogens with one attached hydrogen (secondary N) is 3. The Morgan fingerprint density at radius 3 is 2.66 bits per heavy atom. The molecule has 2 unspecified atom stereocenters. The summed E-state index contributed by atoms with van der Waals surface area (Å²) < 4.78 is 65.9. The number of aromatic amines is 1. The van der Waals surface area contributed by atoms with Crippen LogP contribution in [0.1, 0.15) is 19.3 Å². The van der Waals surface area contributed by atoms with Crippen molar-refractivity contribution in [1.29, 1.82) is 0 Å². The lowest BCUT2D eigenvalue weighted by Crippen LogP contribution is -2.47. The Balaban J connectivity index is 1.11. The number of pyridine rings is 1. The Morgan fingerprint density at radius 2 is 1.90 bits per heavy atom. The third-order valence-corrected chi connectivity index (χ3v) is 11.0. The molecule has 0 radical (unpaired) electrons. The zero-order valence-corrected chi connectivity index (χ0v) is 24.2. The molecule has 2 aliphatic heterocycles. The van der Waals surface area contributed by atoms with Crippen LogP contribution in [0.2, 0.25) is 0 Å². The largest absolute Gasteiger partial charge is 0.491 e. The first-order valence-electron chi connectivity index (χ1n) is 13.4. The van der Waals surface area contributed by atoms with Crippen molar-refractivity contribution in [2.24, 2.45) is 0 Å². The van der Waals surface area contributed by atoms with Crippen molar-refractivity contribution in [2.75, 3.05) is 39.9 Å². The summed E-state index contributed by atoms with van der Waals surface area (Å²) in [4.78, 5) is 15.6. The highest BCUT2D eigenvalue weighted by Crippen LogP contribution is 2.37. The maximum Gasteiger partial charge on any atom is 0.248 e. The maximum absolute atomic E-state index is 13.3. The molecule has 41 heavy (non-hydrogen) atoms. The summed E-state index contributed by atoms with van der Waals surface area (Å²) in [6.07, 6.45) is 2.07. The van der Waals surface area contributed by atoms with Crippen molar-refractivity contribution in [1.82, 2.24) is 19.3 Å². The Hall–Kier alpha value is -2.85. The van der Waals surface area contributed by atoms with Crippen LogP contribution >= 0.6 is 0 Å². The standard InChI is InChI=1S/C27H34N4O8S2/c1-28-40(34,35)22-6-4-5-21(13-22)38-18-20(32)15-29-19-14-27(39-17-19)9-11-31(12-10-27)41(36,37)25-16-30-24-8-3-2-7-23(24)26(25)33/h2-8,13,16,19-20,28-29,32H,9-12,14-15,17-18H2,1H3,(H,30,33). The quantitative estimate of drug-likeness (QED) is 0.261. The van der Waals surface area contributed by atoms with Crippen molar-refractivity contribution < 1.29 is 31.4 Å². The predicted molar refractivity (Wildman–Crippen MR) is 152 cm³/mol. The van der Waals surface area contributed by atoms with Crippen LogP contribution in [0.15, 0.2) is 69.3 Å². The highest BCUT2D eigenvalue weighted by Gasteiger charge is 2.45. The first-order chi connectivity index (χ1) is 19.5. The van der Waals surface area contributed by atoms with Crippen molar-refractivity contribution >= 4 is 30.9 Å². The summed E-state index contributed by atoms with van der Waals surface area (Å²) in [5.74, 6) is 0.330. The van der Waals surface area contributed by atoms with E-state index in [4.69, 9.17) is 9.47 Å². The number of aliphatic hydroxyl groups is 1. The van der Waals surface area contributed by atoms with Gasteiger partial charge in [0.2, 0.25) is 25.5 Å². The third-order valence-electron chi connectivity index (χ3n) is 7.68. The van der Waals surface area contributed by atoms with Gasteiger partial charge in [0.25, 0.3) is 0 Å². The molecule has 14 heteroatoms. The monoisotopic (exact) mass is 606 g/mol. The highest BCUT2D eigenvalue weighted by atomic mass is 32.2. The van der Waals surface area contributed by atoms with Gasteiger partial charge in [-0.3, -0.25) is 4.79 Å². The number of para-hydroxylation sites is 1. The average Bonchev–Trinajstić information content (AvgIpc) is 3.37. The van der Waals surface area contributed by atoms with Crippen molar-refractivity contribution in [3.63, 3.8) is 0 Å². The first-order valence-corrected chi connectivity index (χ1v) is 16.3. The number of sulfonamides is 2. The lowest BCUT2D eigenvalue weighted by molar-refractivity contribution is -0.0312. The van der Waals surface area contributed by atoms with Gasteiger partial charge in [-0.2, -0.15) is 4.31 Å². The second-order valence-corrected chi connectivity index (χ2v) is 14.2. The Kier molecular flexibility index (Phi) is 8.53. The molecular formula is C27H34N4O8S2. The van der Waals surface area contributed by atoms with E-state index in [1.807, 2.05) is 0 Å². The minimum Gasteiger partial charge on any atom is -0.491 e. The molecule has 12 nitrogen and oxygen atoms in total. The van der Waals surface area contributed by atoms with Gasteiger partial charge in [-0.25, -0.2) is 21.6 Å². The summed E-state index contributed by atoms with van der Waals surface area (Å²) in [5.41, 5.74) is -0.405. The molecule has 0 aliphatic carbocycles. The van der Waals surface area contributed by atoms with Crippen LogP contribution in [0.3, 0.4) is 0 Å². The van der Waals surface area contributed by atoms with Crippen LogP contribution in [-0.2, 0) is 24.8 Å². The van der Waals surface area contributed by atoms with Crippen LogP contribution in [-0.4, -0.2) is 88.9 Å². The van der Waals surface area contributed by atoms with E-state index in [2.05, 4.69) is 15.0 Å². The molecule has 1 spiro atoms. The van der Waals surface area contributed by atoms with Gasteiger partial charge in [0.15, 0.2) is 0 Å². The topological polar surface area (TPSA) is 167 Å². The number of ether oxygens (including phenoxy) is 2. The molecule has 0 amide bonds. The first kappa shape index (κ1) is 29.6. The molecule has 2 aliphatic rings. The molecule has 3 heterocycles. The Bertz CT molecular complexity index is 1670. The number of hydrogen-bond donors (Lipinski definition) is 4. The molecule has 2 saturated heterocycles. The molecule has 0 saturated carbocycles. The molecule has 2 fully saturated rings. The van der Waals surface area contributed by atoms with Gasteiger partial charge in [-0.1, -0.05) is 18.2 Å². The smallest absolute Gasteiger partial charge is 0.248 e. The average molecular weight is 607 g/mol. The summed E-state index contributed by atoms with van der Waals surface area (Å²) in [6, 6.07) is 12.8. The number of aromatic nitrogens is 1. The normalized spacial score (nSPS) is 20.4. The van der Waals surface area contributed by atoms with E-state index in [0.717, 1.165) is 0 Å². The van der Waals surface area contributed by atoms with E-state index < -0.39 is 37.2 Å². The number of rotatable bonds is 10. The van der Waals surface area contributed by atoms with E-state index in [1.54, 1.807) is 36.4 Å². The van der Waals surface area contributed by atoms with Crippen LogP contribution in [0.25, 0.3) is 10.9 Å². The molecule has 3 aromatic rings. The number of benzene rings is 2. The van der Waals surface area contributed by atoms with Gasteiger partial charge in [0.1, 0.15) is 23.4 Å². The van der Waals surface area contributed by atoms with Gasteiger partial charge in [-0.05, 0) is 50.6 Å².